The molecule has 0 N–H and O–H groups in total. The zero-order valence-corrected chi connectivity index (χ0v) is 12.7. The second-order valence-electron chi connectivity index (χ2n) is 4.88. The third-order valence-electron chi connectivity index (χ3n) is 3.29. The summed E-state index contributed by atoms with van der Waals surface area (Å²) >= 11 is 5.80. The molecule has 1 aromatic heterocycles. The van der Waals surface area contributed by atoms with E-state index >= 15 is 0 Å². The summed E-state index contributed by atoms with van der Waals surface area (Å²) in [6.07, 6.45) is 6.73. The van der Waals surface area contributed by atoms with E-state index in [0.717, 1.165) is 32.3 Å². The molecule has 0 aromatic carbocycles. The van der Waals surface area contributed by atoms with Crippen molar-refractivity contribution in [1.82, 2.24) is 9.97 Å². The Balaban J connectivity index is 1.89. The highest BCUT2D eigenvalue weighted by atomic mass is 35.5. The van der Waals surface area contributed by atoms with E-state index in [-0.39, 0.29) is 18.5 Å². The summed E-state index contributed by atoms with van der Waals surface area (Å²) in [6, 6.07) is 0. The van der Waals surface area contributed by atoms with Crippen LogP contribution >= 0.6 is 11.6 Å². The number of hydrogen-bond donors (Lipinski definition) is 0. The summed E-state index contributed by atoms with van der Waals surface area (Å²) in [4.78, 5) is 8.05. The van der Waals surface area contributed by atoms with Crippen LogP contribution in [-0.2, 0) is 9.47 Å². The van der Waals surface area contributed by atoms with Gasteiger partial charge in [0.15, 0.2) is 11.4 Å². The van der Waals surface area contributed by atoms with Gasteiger partial charge in [-0.15, -0.1) is 0 Å². The molecule has 112 valence electrons. The summed E-state index contributed by atoms with van der Waals surface area (Å²) in [5.74, 6) is 0.421. The van der Waals surface area contributed by atoms with Gasteiger partial charge in [0.05, 0.1) is 18.5 Å². The van der Waals surface area contributed by atoms with Gasteiger partial charge in [0.25, 0.3) is 0 Å². The van der Waals surface area contributed by atoms with Crippen LogP contribution < -0.4 is 4.74 Å². The van der Waals surface area contributed by atoms with Crippen molar-refractivity contribution in [3.8, 4) is 5.88 Å². The fraction of sp³-hybridized carbons (Fsp3) is 0.714. The van der Waals surface area contributed by atoms with Crippen molar-refractivity contribution in [1.29, 1.82) is 0 Å². The molecule has 5 nitrogen and oxygen atoms in total. The highest BCUT2D eigenvalue weighted by Crippen LogP contribution is 2.20. The van der Waals surface area contributed by atoms with Crippen molar-refractivity contribution in [2.24, 2.45) is 0 Å². The van der Waals surface area contributed by atoms with Crippen LogP contribution in [0.3, 0.4) is 0 Å². The van der Waals surface area contributed by atoms with Crippen LogP contribution in [0.4, 0.5) is 0 Å². The lowest BCUT2D eigenvalue weighted by molar-refractivity contribution is -0.200. The Kier molecular flexibility index (Phi) is 6.01. The normalized spacial score (nSPS) is 22.2. The topological polar surface area (TPSA) is 53.5 Å². The first-order chi connectivity index (χ1) is 9.69. The molecule has 0 radical (unpaired) electrons. The van der Waals surface area contributed by atoms with E-state index in [0.29, 0.717) is 11.0 Å². The molecule has 1 aliphatic heterocycles. The van der Waals surface area contributed by atoms with Gasteiger partial charge in [-0.1, -0.05) is 18.5 Å². The smallest absolute Gasteiger partial charge is 0.234 e. The van der Waals surface area contributed by atoms with Crippen LogP contribution in [0.25, 0.3) is 0 Å². The molecule has 2 unspecified atom stereocenters. The Labute approximate surface area is 124 Å². The molecule has 2 heterocycles. The van der Waals surface area contributed by atoms with Gasteiger partial charge in [0, 0.05) is 6.61 Å². The minimum Gasteiger partial charge on any atom is -0.470 e. The predicted molar refractivity (Wildman–Crippen MR) is 75.9 cm³/mol. The Morgan fingerprint density at radius 2 is 2.30 bits per heavy atom. The van der Waals surface area contributed by atoms with Gasteiger partial charge in [0.2, 0.25) is 5.88 Å². The first-order valence-corrected chi connectivity index (χ1v) is 7.48. The monoisotopic (exact) mass is 300 g/mol. The molecular weight excluding hydrogens is 280 g/mol. The first-order valence-electron chi connectivity index (χ1n) is 7.10. The molecule has 0 aliphatic carbocycles. The van der Waals surface area contributed by atoms with Crippen molar-refractivity contribution in [3.63, 3.8) is 0 Å². The summed E-state index contributed by atoms with van der Waals surface area (Å²) in [7, 11) is 0. The number of nitrogens with zero attached hydrogens (tertiary/aromatic N) is 2. The van der Waals surface area contributed by atoms with Crippen LogP contribution in [-0.4, -0.2) is 35.1 Å². The maximum Gasteiger partial charge on any atom is 0.234 e. The lowest BCUT2D eigenvalue weighted by atomic mass is 10.1. The van der Waals surface area contributed by atoms with E-state index in [4.69, 9.17) is 25.8 Å². The van der Waals surface area contributed by atoms with Crippen molar-refractivity contribution in [3.05, 3.63) is 17.5 Å². The Hall–Kier alpha value is -0.910. The molecule has 20 heavy (non-hydrogen) atoms. The van der Waals surface area contributed by atoms with Gasteiger partial charge in [-0.3, -0.25) is 4.98 Å². The van der Waals surface area contributed by atoms with E-state index < -0.39 is 0 Å². The second-order valence-corrected chi connectivity index (χ2v) is 5.27. The largest absolute Gasteiger partial charge is 0.470 e. The Morgan fingerprint density at radius 3 is 2.95 bits per heavy atom. The molecule has 3 atom stereocenters. The molecule has 1 aliphatic rings. The number of halogens is 1. The van der Waals surface area contributed by atoms with Crippen molar-refractivity contribution in [2.75, 3.05) is 6.61 Å². The first kappa shape index (κ1) is 15.5. The van der Waals surface area contributed by atoms with Crippen LogP contribution in [0.5, 0.6) is 5.88 Å². The number of ether oxygens (including phenoxy) is 3. The summed E-state index contributed by atoms with van der Waals surface area (Å²) < 4.78 is 17.3. The maximum atomic E-state index is 5.92. The summed E-state index contributed by atoms with van der Waals surface area (Å²) in [6.45, 7) is 4.81. The Morgan fingerprint density at radius 1 is 1.45 bits per heavy atom. The fourth-order valence-electron chi connectivity index (χ4n) is 2.19. The summed E-state index contributed by atoms with van der Waals surface area (Å²) in [5, 5.41) is 0.321. The molecule has 1 saturated heterocycles. The quantitative estimate of drug-likeness (QED) is 0.807. The van der Waals surface area contributed by atoms with Gasteiger partial charge in [-0.05, 0) is 32.6 Å². The molecular formula is C14H21ClN2O3. The fourth-order valence-corrected chi connectivity index (χ4v) is 2.33. The van der Waals surface area contributed by atoms with Gasteiger partial charge in [0.1, 0.15) is 6.10 Å². The SMILES string of the molecule is CCC(Oc1cncc(Cl)n1)[C@H](C)OC1CCCCO1. The zero-order valence-electron chi connectivity index (χ0n) is 11.9. The van der Waals surface area contributed by atoms with E-state index in [9.17, 15) is 0 Å². The van der Waals surface area contributed by atoms with Crippen LogP contribution in [0.15, 0.2) is 12.4 Å². The third kappa shape index (κ3) is 4.58. The van der Waals surface area contributed by atoms with Gasteiger partial charge < -0.3 is 14.2 Å². The van der Waals surface area contributed by atoms with E-state index in [1.807, 2.05) is 13.8 Å². The average Bonchev–Trinajstić information content (AvgIpc) is 2.46. The van der Waals surface area contributed by atoms with Crippen LogP contribution in [0, 0.1) is 0 Å². The van der Waals surface area contributed by atoms with E-state index in [1.165, 1.54) is 6.20 Å². The average molecular weight is 301 g/mol. The van der Waals surface area contributed by atoms with Gasteiger partial charge >= 0.3 is 0 Å². The molecule has 0 bridgehead atoms. The van der Waals surface area contributed by atoms with Crippen LogP contribution in [0.1, 0.15) is 39.5 Å². The number of rotatable bonds is 6. The highest BCUT2D eigenvalue weighted by Gasteiger charge is 2.24. The van der Waals surface area contributed by atoms with Gasteiger partial charge in [-0.25, -0.2) is 0 Å². The predicted octanol–water partition coefficient (Wildman–Crippen LogP) is 3.22. The van der Waals surface area contributed by atoms with E-state index in [1.54, 1.807) is 6.20 Å². The molecule has 0 spiro atoms. The second kappa shape index (κ2) is 7.76. The molecule has 0 saturated carbocycles. The lowest BCUT2D eigenvalue weighted by Gasteiger charge is -2.30. The van der Waals surface area contributed by atoms with Crippen molar-refractivity contribution >= 4 is 11.6 Å². The Bertz CT molecular complexity index is 413. The zero-order chi connectivity index (χ0) is 14.4. The molecule has 6 heteroatoms. The highest BCUT2D eigenvalue weighted by molar-refractivity contribution is 6.29. The summed E-state index contributed by atoms with van der Waals surface area (Å²) in [5.41, 5.74) is 0. The lowest BCUT2D eigenvalue weighted by Crippen LogP contribution is -2.36. The molecule has 0 amide bonds. The third-order valence-corrected chi connectivity index (χ3v) is 3.47. The minimum absolute atomic E-state index is 0.0797. The van der Waals surface area contributed by atoms with Crippen molar-refractivity contribution < 1.29 is 14.2 Å². The standard InChI is InChI=1S/C14H21ClN2O3/c1-3-11(20-13-9-16-8-12(15)17-13)10(2)19-14-6-4-5-7-18-14/h8-11,14H,3-7H2,1-2H3/t10-,11?,14?/m0/s1. The molecule has 1 fully saturated rings. The minimum atomic E-state index is -0.123. The maximum absolute atomic E-state index is 5.92. The molecule has 2 rings (SSSR count). The van der Waals surface area contributed by atoms with Crippen LogP contribution in [0.2, 0.25) is 5.15 Å². The number of hydrogen-bond acceptors (Lipinski definition) is 5. The number of aromatic nitrogens is 2. The van der Waals surface area contributed by atoms with Crippen molar-refractivity contribution in [2.45, 2.75) is 58.0 Å². The molecule has 1 aromatic rings. The van der Waals surface area contributed by atoms with E-state index in [2.05, 4.69) is 9.97 Å². The van der Waals surface area contributed by atoms with Gasteiger partial charge in [-0.2, -0.15) is 4.98 Å².